The summed E-state index contributed by atoms with van der Waals surface area (Å²) in [4.78, 5) is 19.4. The van der Waals surface area contributed by atoms with Crippen LogP contribution in [0.15, 0.2) is 40.8 Å². The molecule has 1 amide bonds. The molecule has 1 fully saturated rings. The highest BCUT2D eigenvalue weighted by atomic mass is 19.1. The van der Waals surface area contributed by atoms with Crippen molar-refractivity contribution in [1.82, 2.24) is 10.3 Å². The summed E-state index contributed by atoms with van der Waals surface area (Å²) in [5, 5.41) is 3.37. The lowest BCUT2D eigenvalue weighted by molar-refractivity contribution is 0.0988. The average molecular weight is 379 g/mol. The Hall–Kier alpha value is -2.73. The summed E-state index contributed by atoms with van der Waals surface area (Å²) in [6.07, 6.45) is 2.16. The fraction of sp³-hybridized carbons (Fsp3) is 0.364. The van der Waals surface area contributed by atoms with Crippen LogP contribution in [0.5, 0.6) is 0 Å². The van der Waals surface area contributed by atoms with Gasteiger partial charge >= 0.3 is 0 Å². The van der Waals surface area contributed by atoms with Crippen molar-refractivity contribution in [2.24, 2.45) is 0 Å². The van der Waals surface area contributed by atoms with Crippen LogP contribution < -0.4 is 10.2 Å². The van der Waals surface area contributed by atoms with Crippen LogP contribution >= 0.6 is 0 Å². The summed E-state index contributed by atoms with van der Waals surface area (Å²) in [5.41, 5.74) is 3.57. The molecular weight excluding hydrogens is 357 g/mol. The summed E-state index contributed by atoms with van der Waals surface area (Å²) in [6.45, 7) is 4.50. The van der Waals surface area contributed by atoms with E-state index in [9.17, 15) is 9.18 Å². The summed E-state index contributed by atoms with van der Waals surface area (Å²) in [5.74, 6) is 0.708. The van der Waals surface area contributed by atoms with E-state index in [1.54, 1.807) is 23.1 Å². The molecule has 1 saturated heterocycles. The van der Waals surface area contributed by atoms with Gasteiger partial charge in [-0.3, -0.25) is 4.79 Å². The number of carbonyl (C=O) groups is 1. The predicted molar refractivity (Wildman–Crippen MR) is 105 cm³/mol. The molecule has 0 spiro atoms. The van der Waals surface area contributed by atoms with Gasteiger partial charge in [-0.1, -0.05) is 13.0 Å². The van der Waals surface area contributed by atoms with Crippen molar-refractivity contribution in [3.05, 3.63) is 59.2 Å². The topological polar surface area (TPSA) is 58.4 Å². The minimum atomic E-state index is -0.331. The summed E-state index contributed by atoms with van der Waals surface area (Å²) < 4.78 is 19.7. The molecule has 0 radical (unpaired) electrons. The number of aromatic nitrogens is 1. The van der Waals surface area contributed by atoms with Gasteiger partial charge in [-0.2, -0.15) is 0 Å². The maximum absolute atomic E-state index is 13.7. The van der Waals surface area contributed by atoms with Gasteiger partial charge in [0, 0.05) is 30.5 Å². The number of anilines is 1. The van der Waals surface area contributed by atoms with E-state index in [1.165, 1.54) is 12.1 Å². The standard InChI is InChI=1S/C22H22FN3O2/c1-13-12-26(19-10-16(23)5-6-17(13)19)22(27)14-4-7-18-20(9-14)28-21(25-18)15-3-2-8-24-11-15/h4-7,9-10,13,15,24H,2-3,8,11-12H2,1H3/t13-,15?/m0/s1. The molecule has 0 aliphatic carbocycles. The number of hydrogen-bond acceptors (Lipinski definition) is 4. The second-order valence-corrected chi connectivity index (χ2v) is 7.80. The molecule has 5 nitrogen and oxygen atoms in total. The lowest BCUT2D eigenvalue weighted by Gasteiger charge is -2.19. The van der Waals surface area contributed by atoms with Crippen molar-refractivity contribution in [3.8, 4) is 0 Å². The number of halogens is 1. The number of rotatable bonds is 2. The van der Waals surface area contributed by atoms with E-state index in [1.807, 2.05) is 13.0 Å². The highest BCUT2D eigenvalue weighted by Gasteiger charge is 2.31. The molecule has 3 heterocycles. The van der Waals surface area contributed by atoms with Crippen molar-refractivity contribution in [1.29, 1.82) is 0 Å². The first-order valence-electron chi connectivity index (χ1n) is 9.82. The van der Waals surface area contributed by atoms with Gasteiger partial charge in [0.05, 0.1) is 5.69 Å². The number of piperidine rings is 1. The van der Waals surface area contributed by atoms with E-state index in [2.05, 4.69) is 10.3 Å². The van der Waals surface area contributed by atoms with Gasteiger partial charge in [-0.15, -0.1) is 0 Å². The third-order valence-electron chi connectivity index (χ3n) is 5.81. The molecule has 3 aromatic rings. The Labute approximate surface area is 162 Å². The number of benzene rings is 2. The van der Waals surface area contributed by atoms with Gasteiger partial charge in [0.2, 0.25) is 0 Å². The molecule has 2 aliphatic rings. The number of oxazole rings is 1. The van der Waals surface area contributed by atoms with Crippen LogP contribution in [0.4, 0.5) is 10.1 Å². The van der Waals surface area contributed by atoms with Crippen LogP contribution in [-0.2, 0) is 0 Å². The van der Waals surface area contributed by atoms with Crippen LogP contribution in [0.1, 0.15) is 53.4 Å². The lowest BCUT2D eigenvalue weighted by atomic mass is 10.00. The number of nitrogens with zero attached hydrogens (tertiary/aromatic N) is 2. The largest absolute Gasteiger partial charge is 0.440 e. The van der Waals surface area contributed by atoms with Crippen LogP contribution in [0.2, 0.25) is 0 Å². The number of nitrogens with one attached hydrogen (secondary N) is 1. The van der Waals surface area contributed by atoms with Crippen molar-refractivity contribution in [2.75, 3.05) is 24.5 Å². The van der Waals surface area contributed by atoms with E-state index in [4.69, 9.17) is 4.42 Å². The molecule has 5 rings (SSSR count). The van der Waals surface area contributed by atoms with Crippen molar-refractivity contribution < 1.29 is 13.6 Å². The molecule has 0 saturated carbocycles. The third kappa shape index (κ3) is 2.88. The predicted octanol–water partition coefficient (Wildman–Crippen LogP) is 4.20. The molecule has 6 heteroatoms. The Morgan fingerprint density at radius 2 is 2.18 bits per heavy atom. The number of fused-ring (bicyclic) bond motifs is 2. The second-order valence-electron chi connectivity index (χ2n) is 7.80. The Morgan fingerprint density at radius 1 is 1.29 bits per heavy atom. The first-order chi connectivity index (χ1) is 13.6. The van der Waals surface area contributed by atoms with Crippen LogP contribution in [-0.4, -0.2) is 30.5 Å². The van der Waals surface area contributed by atoms with Gasteiger partial charge in [0.15, 0.2) is 11.5 Å². The highest BCUT2D eigenvalue weighted by molar-refractivity contribution is 6.08. The van der Waals surface area contributed by atoms with Crippen LogP contribution in [0, 0.1) is 5.82 Å². The quantitative estimate of drug-likeness (QED) is 0.725. The fourth-order valence-electron chi connectivity index (χ4n) is 4.30. The van der Waals surface area contributed by atoms with E-state index in [0.29, 0.717) is 23.4 Å². The maximum Gasteiger partial charge on any atom is 0.258 e. The van der Waals surface area contributed by atoms with Crippen molar-refractivity contribution in [2.45, 2.75) is 31.6 Å². The number of carbonyl (C=O) groups excluding carboxylic acids is 1. The zero-order valence-corrected chi connectivity index (χ0v) is 15.7. The smallest absolute Gasteiger partial charge is 0.258 e. The van der Waals surface area contributed by atoms with Gasteiger partial charge in [0.25, 0.3) is 5.91 Å². The van der Waals surface area contributed by atoms with E-state index in [0.717, 1.165) is 42.9 Å². The monoisotopic (exact) mass is 379 g/mol. The Balaban J connectivity index is 1.46. The first-order valence-corrected chi connectivity index (χ1v) is 9.82. The summed E-state index contributed by atoms with van der Waals surface area (Å²) in [6, 6.07) is 10.0. The van der Waals surface area contributed by atoms with Crippen molar-refractivity contribution in [3.63, 3.8) is 0 Å². The first kappa shape index (κ1) is 17.4. The van der Waals surface area contributed by atoms with Gasteiger partial charge < -0.3 is 14.6 Å². The Bertz CT molecular complexity index is 1060. The maximum atomic E-state index is 13.7. The molecule has 0 bridgehead atoms. The number of hydrogen-bond donors (Lipinski definition) is 1. The van der Waals surface area contributed by atoms with E-state index >= 15 is 0 Å². The second kappa shape index (κ2) is 6.71. The van der Waals surface area contributed by atoms with Crippen molar-refractivity contribution >= 4 is 22.7 Å². The zero-order valence-electron chi connectivity index (χ0n) is 15.7. The average Bonchev–Trinajstić information content (AvgIpc) is 3.28. The summed E-state index contributed by atoms with van der Waals surface area (Å²) >= 11 is 0. The highest BCUT2D eigenvalue weighted by Crippen LogP contribution is 2.37. The minimum Gasteiger partial charge on any atom is -0.440 e. The van der Waals surface area contributed by atoms with Gasteiger partial charge in [-0.25, -0.2) is 9.37 Å². The van der Waals surface area contributed by atoms with E-state index < -0.39 is 0 Å². The minimum absolute atomic E-state index is 0.143. The molecule has 1 aromatic heterocycles. The molecule has 1 unspecified atom stereocenters. The molecule has 2 aliphatic heterocycles. The fourth-order valence-corrected chi connectivity index (χ4v) is 4.30. The van der Waals surface area contributed by atoms with Gasteiger partial charge in [0.1, 0.15) is 11.3 Å². The molecule has 2 atom stereocenters. The Morgan fingerprint density at radius 3 is 3.00 bits per heavy atom. The Kier molecular flexibility index (Phi) is 4.16. The zero-order chi connectivity index (χ0) is 19.3. The lowest BCUT2D eigenvalue weighted by Crippen LogP contribution is -2.29. The molecule has 1 N–H and O–H groups in total. The third-order valence-corrected chi connectivity index (χ3v) is 5.81. The number of amides is 1. The molecular formula is C22H22FN3O2. The summed E-state index contributed by atoms with van der Waals surface area (Å²) in [7, 11) is 0. The molecule has 2 aromatic carbocycles. The molecule has 28 heavy (non-hydrogen) atoms. The van der Waals surface area contributed by atoms with E-state index in [-0.39, 0.29) is 23.6 Å². The normalized spacial score (nSPS) is 21.9. The SMILES string of the molecule is C[C@H]1CN(C(=O)c2ccc3nc(C4CCCNC4)oc3c2)c2cc(F)ccc21. The van der Waals surface area contributed by atoms with Gasteiger partial charge in [-0.05, 0) is 55.3 Å². The molecule has 144 valence electrons. The van der Waals surface area contributed by atoms with Crippen LogP contribution in [0.25, 0.3) is 11.1 Å². The van der Waals surface area contributed by atoms with Crippen LogP contribution in [0.3, 0.4) is 0 Å².